The molecule has 5 saturated heterocycles. The molecule has 5 rings (SSSR count). The van der Waals surface area contributed by atoms with Gasteiger partial charge in [0.15, 0.2) is 31.5 Å². The van der Waals surface area contributed by atoms with Crippen molar-refractivity contribution in [3.8, 4) is 0 Å². The summed E-state index contributed by atoms with van der Waals surface area (Å²) < 4.78 is 49.2. The number of aliphatic hydroxyl groups excluding tert-OH is 15. The van der Waals surface area contributed by atoms with Crippen LogP contribution in [0.3, 0.4) is 0 Å². The summed E-state index contributed by atoms with van der Waals surface area (Å²) in [4.78, 5) is 0. The first-order chi connectivity index (χ1) is 24.7. The van der Waals surface area contributed by atoms with E-state index in [0.717, 1.165) is 0 Å². The Bertz CT molecular complexity index is 1110. The number of hydrogen-bond acceptors (Lipinski definition) is 24. The van der Waals surface area contributed by atoms with Crippen molar-refractivity contribution in [2.45, 2.75) is 141 Å². The highest BCUT2D eigenvalue weighted by Crippen LogP contribution is 2.34. The molecule has 0 aromatic rings. The highest BCUT2D eigenvalue weighted by atomic mass is 16.8. The Labute approximate surface area is 293 Å². The van der Waals surface area contributed by atoms with Crippen LogP contribution in [0.1, 0.15) is 0 Å². The zero-order valence-corrected chi connectivity index (χ0v) is 27.2. The van der Waals surface area contributed by atoms with Crippen molar-refractivity contribution < 1.29 is 119 Å². The molecule has 304 valence electrons. The summed E-state index contributed by atoms with van der Waals surface area (Å²) in [5.74, 6) is 0. The minimum absolute atomic E-state index is 0.673. The molecule has 0 bridgehead atoms. The minimum atomic E-state index is -2.03. The largest absolute Gasteiger partial charge is 0.394 e. The van der Waals surface area contributed by atoms with Crippen LogP contribution >= 0.6 is 0 Å². The van der Waals surface area contributed by atoms with Crippen LogP contribution in [0.5, 0.6) is 0 Å². The fourth-order valence-corrected chi connectivity index (χ4v) is 6.50. The van der Waals surface area contributed by atoms with E-state index in [2.05, 4.69) is 0 Å². The Morgan fingerprint density at radius 1 is 0.327 bits per heavy atom. The molecule has 0 amide bonds. The predicted molar refractivity (Wildman–Crippen MR) is 155 cm³/mol. The van der Waals surface area contributed by atoms with Crippen molar-refractivity contribution >= 4 is 0 Å². The summed E-state index contributed by atoms with van der Waals surface area (Å²) in [5, 5.41) is 153. The highest BCUT2D eigenvalue weighted by molar-refractivity contribution is 4.97. The van der Waals surface area contributed by atoms with Crippen molar-refractivity contribution in [3.05, 3.63) is 0 Å². The van der Waals surface area contributed by atoms with E-state index in [9.17, 15) is 76.6 Å². The fraction of sp³-hybridized carbons (Fsp3) is 1.00. The molecule has 0 aromatic heterocycles. The maximum atomic E-state index is 11.0. The summed E-state index contributed by atoms with van der Waals surface area (Å²) >= 11 is 0. The third-order valence-electron chi connectivity index (χ3n) is 9.60. The third-order valence-corrected chi connectivity index (χ3v) is 9.60. The Morgan fingerprint density at radius 3 is 1.25 bits per heavy atom. The summed E-state index contributed by atoms with van der Waals surface area (Å²) in [6.07, 6.45) is -39.1. The molecular weight excluding hydrogens is 720 g/mol. The van der Waals surface area contributed by atoms with Gasteiger partial charge in [0.25, 0.3) is 0 Å². The van der Waals surface area contributed by atoms with E-state index in [4.69, 9.17) is 42.6 Å². The zero-order valence-electron chi connectivity index (χ0n) is 27.2. The lowest BCUT2D eigenvalue weighted by Gasteiger charge is -2.47. The smallest absolute Gasteiger partial charge is 0.187 e. The maximum absolute atomic E-state index is 11.0. The molecule has 0 aromatic carbocycles. The van der Waals surface area contributed by atoms with E-state index >= 15 is 0 Å². The van der Waals surface area contributed by atoms with Crippen LogP contribution in [0.15, 0.2) is 0 Å². The summed E-state index contributed by atoms with van der Waals surface area (Å²) in [6, 6.07) is 0. The molecule has 0 radical (unpaired) electrons. The van der Waals surface area contributed by atoms with E-state index < -0.39 is 174 Å². The molecule has 24 heteroatoms. The zero-order chi connectivity index (χ0) is 38.2. The van der Waals surface area contributed by atoms with E-state index in [1.165, 1.54) is 0 Å². The molecule has 0 aliphatic carbocycles. The second kappa shape index (κ2) is 17.9. The van der Waals surface area contributed by atoms with Crippen LogP contribution in [0.4, 0.5) is 0 Å². The first-order valence-corrected chi connectivity index (χ1v) is 16.4. The second-order valence-corrected chi connectivity index (χ2v) is 13.0. The Morgan fingerprint density at radius 2 is 0.712 bits per heavy atom. The Hall–Kier alpha value is -0.960. The average molecular weight is 769 g/mol. The van der Waals surface area contributed by atoms with Gasteiger partial charge in [0.05, 0.1) is 33.0 Å². The average Bonchev–Trinajstić information content (AvgIpc) is 3.59. The molecule has 23 atom stereocenters. The molecule has 15 N–H and O–H groups in total. The summed E-state index contributed by atoms with van der Waals surface area (Å²) in [5.41, 5.74) is 0. The van der Waals surface area contributed by atoms with Gasteiger partial charge in [0.1, 0.15) is 110 Å². The first-order valence-electron chi connectivity index (χ1n) is 16.4. The van der Waals surface area contributed by atoms with Gasteiger partial charge >= 0.3 is 0 Å². The first kappa shape index (κ1) is 42.2. The number of hydrogen-bond donors (Lipinski definition) is 15. The normalized spacial score (nSPS) is 53.0. The van der Waals surface area contributed by atoms with Gasteiger partial charge in [-0.25, -0.2) is 0 Å². The fourth-order valence-electron chi connectivity index (χ4n) is 6.50. The maximum Gasteiger partial charge on any atom is 0.187 e. The summed E-state index contributed by atoms with van der Waals surface area (Å²) in [7, 11) is 0. The molecule has 5 fully saturated rings. The van der Waals surface area contributed by atoms with E-state index in [-0.39, 0.29) is 0 Å². The van der Waals surface area contributed by atoms with Gasteiger partial charge in [-0.3, -0.25) is 0 Å². The quantitative estimate of drug-likeness (QED) is 0.0827. The van der Waals surface area contributed by atoms with Gasteiger partial charge in [0, 0.05) is 0 Å². The number of ether oxygens (including phenoxy) is 9. The van der Waals surface area contributed by atoms with Crippen LogP contribution < -0.4 is 0 Å². The third kappa shape index (κ3) is 8.41. The molecule has 0 saturated carbocycles. The van der Waals surface area contributed by atoms with Gasteiger partial charge in [-0.15, -0.1) is 0 Å². The molecule has 52 heavy (non-hydrogen) atoms. The van der Waals surface area contributed by atoms with Crippen molar-refractivity contribution in [2.75, 3.05) is 33.0 Å². The van der Waals surface area contributed by atoms with Crippen molar-refractivity contribution in [1.82, 2.24) is 0 Å². The van der Waals surface area contributed by atoms with E-state index in [0.29, 0.717) is 0 Å². The summed E-state index contributed by atoms with van der Waals surface area (Å²) in [6.45, 7) is -3.84. The SMILES string of the molecule is OC[C@@H]1O[C@@H](O[C@@H]2[C@H](OC[C@H]3O[C@@H](O[C@H]4[C@H](O)[C@@H](O)[C@H](O[C@H]5[C@H](O)[C@@H](O)[C@H](O)O[C@@H]5CO)O[C@@H]4CO)[C@H](O)[C@@H](O)[C@@H]3O)O[C@@H](CO)[C@H]2O)[C@H](O)[C@H]1O. The molecule has 5 aliphatic rings. The van der Waals surface area contributed by atoms with Crippen LogP contribution in [-0.2, 0) is 42.6 Å². The van der Waals surface area contributed by atoms with Gasteiger partial charge in [-0.2, -0.15) is 0 Å². The lowest BCUT2D eigenvalue weighted by molar-refractivity contribution is -0.379. The highest BCUT2D eigenvalue weighted by Gasteiger charge is 2.55. The molecule has 5 heterocycles. The van der Waals surface area contributed by atoms with Crippen molar-refractivity contribution in [2.24, 2.45) is 0 Å². The lowest BCUT2D eigenvalue weighted by atomic mass is 9.96. The molecular formula is C28H48O24. The van der Waals surface area contributed by atoms with E-state index in [1.807, 2.05) is 0 Å². The number of aliphatic hydroxyl groups is 15. The lowest BCUT2D eigenvalue weighted by Crippen LogP contribution is -2.66. The standard InChI is InChI=1S/C28H48O24/c29-1-6-11(33)18(40)25(46-6)52-23-13(35)7(2-30)47-28(23)44-5-10-12(34)14(36)19(41)26(49-10)51-22-9(4-32)48-27(20(42)16(22)38)50-21-8(3-31)45-24(43)17(39)15(21)37/h6-43H,1-5H2/t6-,7-,8+,9+,10+,11-,12+,13+,14-,15+,16+,17+,18+,19+,20+,21+,22+,23-,24+,25-,26-,27-,28+/m0/s1. The molecule has 24 nitrogen and oxygen atoms in total. The van der Waals surface area contributed by atoms with Gasteiger partial charge < -0.3 is 119 Å². The van der Waals surface area contributed by atoms with Crippen LogP contribution in [0, 0.1) is 0 Å². The van der Waals surface area contributed by atoms with Crippen molar-refractivity contribution in [1.29, 1.82) is 0 Å². The molecule has 0 unspecified atom stereocenters. The second-order valence-electron chi connectivity index (χ2n) is 13.0. The van der Waals surface area contributed by atoms with Crippen molar-refractivity contribution in [3.63, 3.8) is 0 Å². The topological polar surface area (TPSA) is 387 Å². The predicted octanol–water partition coefficient (Wildman–Crippen LogP) is -10.6. The Kier molecular flexibility index (Phi) is 14.5. The van der Waals surface area contributed by atoms with Crippen LogP contribution in [0.25, 0.3) is 0 Å². The Balaban J connectivity index is 1.23. The van der Waals surface area contributed by atoms with Gasteiger partial charge in [-0.05, 0) is 0 Å². The van der Waals surface area contributed by atoms with Crippen LogP contribution in [0.2, 0.25) is 0 Å². The molecule has 5 aliphatic heterocycles. The van der Waals surface area contributed by atoms with Gasteiger partial charge in [0.2, 0.25) is 0 Å². The molecule has 0 spiro atoms. The monoisotopic (exact) mass is 768 g/mol. The van der Waals surface area contributed by atoms with E-state index in [1.54, 1.807) is 0 Å². The number of rotatable bonds is 13. The van der Waals surface area contributed by atoms with Crippen LogP contribution in [-0.4, -0.2) is 251 Å². The van der Waals surface area contributed by atoms with Gasteiger partial charge in [-0.1, -0.05) is 0 Å². The minimum Gasteiger partial charge on any atom is -0.394 e.